The molecule has 92 valence electrons. The number of carbonyl (C=O) groups excluding carboxylic acids is 1. The topological polar surface area (TPSA) is 64.4 Å². The Kier molecular flexibility index (Phi) is 3.58. The van der Waals surface area contributed by atoms with Crippen molar-refractivity contribution in [2.24, 2.45) is 5.92 Å². The van der Waals surface area contributed by atoms with Crippen LogP contribution in [0.5, 0.6) is 0 Å². The van der Waals surface area contributed by atoms with Crippen LogP contribution in [0.4, 0.5) is 10.1 Å². The van der Waals surface area contributed by atoms with Crippen LogP contribution in [-0.2, 0) is 4.74 Å². The van der Waals surface area contributed by atoms with Crippen LogP contribution in [0.3, 0.4) is 0 Å². The number of carbonyl (C=O) groups is 1. The molecule has 1 aromatic rings. The van der Waals surface area contributed by atoms with Crippen molar-refractivity contribution in [2.45, 2.75) is 6.42 Å². The summed E-state index contributed by atoms with van der Waals surface area (Å²) in [5.74, 6) is -0.452. The summed E-state index contributed by atoms with van der Waals surface area (Å²) in [4.78, 5) is 11.7. The second-order valence-corrected chi connectivity index (χ2v) is 4.21. The molecule has 1 saturated heterocycles. The first-order chi connectivity index (χ1) is 8.15. The van der Waals surface area contributed by atoms with E-state index in [9.17, 15) is 9.18 Å². The van der Waals surface area contributed by atoms with Gasteiger partial charge in [-0.15, -0.1) is 0 Å². The van der Waals surface area contributed by atoms with Crippen LogP contribution in [0.15, 0.2) is 18.2 Å². The van der Waals surface area contributed by atoms with Crippen LogP contribution in [0.1, 0.15) is 16.8 Å². The monoisotopic (exact) mass is 238 g/mol. The van der Waals surface area contributed by atoms with E-state index in [-0.39, 0.29) is 17.2 Å². The number of halogens is 1. The van der Waals surface area contributed by atoms with Crippen LogP contribution < -0.4 is 11.1 Å². The number of ether oxygens (including phenoxy) is 1. The van der Waals surface area contributed by atoms with Crippen LogP contribution in [0.2, 0.25) is 0 Å². The molecule has 4 nitrogen and oxygen atoms in total. The predicted molar refractivity (Wildman–Crippen MR) is 62.1 cm³/mol. The van der Waals surface area contributed by atoms with Crippen molar-refractivity contribution >= 4 is 11.6 Å². The molecule has 3 N–H and O–H groups in total. The third kappa shape index (κ3) is 3.17. The normalized spacial score (nSPS) is 19.2. The van der Waals surface area contributed by atoms with Crippen LogP contribution in [0.25, 0.3) is 0 Å². The molecule has 1 aliphatic heterocycles. The molecule has 1 amide bonds. The third-order valence-electron chi connectivity index (χ3n) is 2.76. The SMILES string of the molecule is Nc1cc(F)cc(C(=O)NCC2CCOC2)c1. The molecule has 1 aromatic carbocycles. The maximum atomic E-state index is 13.0. The molecule has 2 rings (SSSR count). The zero-order chi connectivity index (χ0) is 12.3. The van der Waals surface area contributed by atoms with E-state index in [1.165, 1.54) is 18.2 Å². The van der Waals surface area contributed by atoms with Gasteiger partial charge in [-0.3, -0.25) is 4.79 Å². The summed E-state index contributed by atoms with van der Waals surface area (Å²) in [7, 11) is 0. The first-order valence-corrected chi connectivity index (χ1v) is 5.57. The number of amides is 1. The Morgan fingerprint density at radius 2 is 2.35 bits per heavy atom. The van der Waals surface area contributed by atoms with Crippen LogP contribution in [0, 0.1) is 11.7 Å². The van der Waals surface area contributed by atoms with Gasteiger partial charge < -0.3 is 15.8 Å². The fraction of sp³-hybridized carbons (Fsp3) is 0.417. The summed E-state index contributed by atoms with van der Waals surface area (Å²) in [6.45, 7) is 1.97. The van der Waals surface area contributed by atoms with Crippen molar-refractivity contribution in [1.82, 2.24) is 5.32 Å². The van der Waals surface area contributed by atoms with Crippen molar-refractivity contribution in [1.29, 1.82) is 0 Å². The Morgan fingerprint density at radius 3 is 3.00 bits per heavy atom. The van der Waals surface area contributed by atoms with Gasteiger partial charge in [-0.25, -0.2) is 4.39 Å². The number of rotatable bonds is 3. The van der Waals surface area contributed by atoms with Crippen molar-refractivity contribution in [3.63, 3.8) is 0 Å². The van der Waals surface area contributed by atoms with E-state index >= 15 is 0 Å². The highest BCUT2D eigenvalue weighted by Crippen LogP contribution is 2.13. The van der Waals surface area contributed by atoms with Gasteiger partial charge in [0.05, 0.1) is 6.61 Å². The van der Waals surface area contributed by atoms with E-state index < -0.39 is 5.82 Å². The Hall–Kier alpha value is -1.62. The summed E-state index contributed by atoms with van der Waals surface area (Å²) in [6, 6.07) is 3.82. The van der Waals surface area contributed by atoms with E-state index in [1.54, 1.807) is 0 Å². The quantitative estimate of drug-likeness (QED) is 0.777. The smallest absolute Gasteiger partial charge is 0.251 e. The van der Waals surface area contributed by atoms with Gasteiger partial charge in [0.15, 0.2) is 0 Å². The molecule has 0 saturated carbocycles. The minimum atomic E-state index is -0.501. The molecule has 1 fully saturated rings. The molecule has 0 spiro atoms. The summed E-state index contributed by atoms with van der Waals surface area (Å²) in [5, 5.41) is 2.75. The summed E-state index contributed by atoms with van der Waals surface area (Å²) in [5.41, 5.74) is 5.98. The number of hydrogen-bond acceptors (Lipinski definition) is 3. The Morgan fingerprint density at radius 1 is 1.53 bits per heavy atom. The molecule has 0 bridgehead atoms. The summed E-state index contributed by atoms with van der Waals surface area (Å²) < 4.78 is 18.3. The maximum Gasteiger partial charge on any atom is 0.251 e. The van der Waals surface area contributed by atoms with Gasteiger partial charge in [0, 0.05) is 30.3 Å². The molecule has 1 heterocycles. The number of nitrogens with two attached hydrogens (primary N) is 1. The second kappa shape index (κ2) is 5.14. The van der Waals surface area contributed by atoms with Gasteiger partial charge in [-0.05, 0) is 24.6 Å². The van der Waals surface area contributed by atoms with Gasteiger partial charge in [0.1, 0.15) is 5.82 Å². The van der Waals surface area contributed by atoms with Crippen molar-refractivity contribution in [3.05, 3.63) is 29.6 Å². The lowest BCUT2D eigenvalue weighted by atomic mass is 10.1. The molecule has 0 radical (unpaired) electrons. The lowest BCUT2D eigenvalue weighted by Crippen LogP contribution is -2.29. The average molecular weight is 238 g/mol. The van der Waals surface area contributed by atoms with E-state index in [1.807, 2.05) is 0 Å². The molecule has 1 aliphatic rings. The van der Waals surface area contributed by atoms with Crippen molar-refractivity contribution in [3.8, 4) is 0 Å². The number of nitrogen functional groups attached to an aromatic ring is 1. The molecule has 0 aliphatic carbocycles. The zero-order valence-corrected chi connectivity index (χ0v) is 9.41. The highest BCUT2D eigenvalue weighted by Gasteiger charge is 2.17. The van der Waals surface area contributed by atoms with Gasteiger partial charge in [-0.2, -0.15) is 0 Å². The van der Waals surface area contributed by atoms with Crippen molar-refractivity contribution < 1.29 is 13.9 Å². The van der Waals surface area contributed by atoms with E-state index in [2.05, 4.69) is 5.32 Å². The zero-order valence-electron chi connectivity index (χ0n) is 9.41. The molecular formula is C12H15FN2O2. The minimum absolute atomic E-state index is 0.249. The van der Waals surface area contributed by atoms with E-state index in [4.69, 9.17) is 10.5 Å². The fourth-order valence-electron chi connectivity index (χ4n) is 1.83. The summed E-state index contributed by atoms with van der Waals surface area (Å²) in [6.07, 6.45) is 0.950. The van der Waals surface area contributed by atoms with Crippen LogP contribution >= 0.6 is 0 Å². The van der Waals surface area contributed by atoms with E-state index in [0.717, 1.165) is 13.0 Å². The first kappa shape index (κ1) is 11.9. The largest absolute Gasteiger partial charge is 0.399 e. The Balaban J connectivity index is 1.94. The maximum absolute atomic E-state index is 13.0. The van der Waals surface area contributed by atoms with Gasteiger partial charge in [-0.1, -0.05) is 0 Å². The standard InChI is InChI=1S/C12H15FN2O2/c13-10-3-9(4-11(14)5-10)12(16)15-6-8-1-2-17-7-8/h3-5,8H,1-2,6-7,14H2,(H,15,16). The highest BCUT2D eigenvalue weighted by molar-refractivity contribution is 5.95. The number of anilines is 1. The Labute approximate surface area is 98.9 Å². The fourth-order valence-corrected chi connectivity index (χ4v) is 1.83. The molecule has 1 atom stereocenters. The van der Waals surface area contributed by atoms with Gasteiger partial charge in [0.25, 0.3) is 5.91 Å². The molecule has 0 aromatic heterocycles. The number of hydrogen-bond donors (Lipinski definition) is 2. The molecule has 17 heavy (non-hydrogen) atoms. The lowest BCUT2D eigenvalue weighted by molar-refractivity contribution is 0.0944. The Bertz CT molecular complexity index is 397. The number of nitrogens with one attached hydrogen (secondary N) is 1. The molecule has 5 heteroatoms. The average Bonchev–Trinajstić information content (AvgIpc) is 2.77. The van der Waals surface area contributed by atoms with E-state index in [0.29, 0.717) is 19.1 Å². The van der Waals surface area contributed by atoms with Gasteiger partial charge in [0.2, 0.25) is 0 Å². The van der Waals surface area contributed by atoms with Gasteiger partial charge >= 0.3 is 0 Å². The number of benzene rings is 1. The third-order valence-corrected chi connectivity index (χ3v) is 2.76. The second-order valence-electron chi connectivity index (χ2n) is 4.21. The highest BCUT2D eigenvalue weighted by atomic mass is 19.1. The lowest BCUT2D eigenvalue weighted by Gasteiger charge is -2.09. The molecule has 1 unspecified atom stereocenters. The summed E-state index contributed by atoms with van der Waals surface area (Å²) >= 11 is 0. The molecular weight excluding hydrogens is 223 g/mol. The van der Waals surface area contributed by atoms with Crippen LogP contribution in [-0.4, -0.2) is 25.7 Å². The first-order valence-electron chi connectivity index (χ1n) is 5.57. The van der Waals surface area contributed by atoms with Crippen molar-refractivity contribution in [2.75, 3.05) is 25.5 Å². The minimum Gasteiger partial charge on any atom is -0.399 e. The predicted octanol–water partition coefficient (Wildman–Crippen LogP) is 1.17.